The van der Waals surface area contributed by atoms with E-state index in [4.69, 9.17) is 15.2 Å². The first kappa shape index (κ1) is 12.0. The number of nitrogen functional groups attached to an aromatic ring is 1. The van der Waals surface area contributed by atoms with Crippen molar-refractivity contribution >= 4 is 5.82 Å². The van der Waals surface area contributed by atoms with Crippen molar-refractivity contribution < 1.29 is 9.47 Å². The summed E-state index contributed by atoms with van der Waals surface area (Å²) in [6.07, 6.45) is 2.18. The predicted octanol–water partition coefficient (Wildman–Crippen LogP) is 2.22. The molecule has 0 aliphatic carbocycles. The molecule has 1 aromatic heterocycles. The van der Waals surface area contributed by atoms with Gasteiger partial charge in [0.1, 0.15) is 17.7 Å². The number of H-pyrrole nitrogens is 1. The van der Waals surface area contributed by atoms with Gasteiger partial charge in [-0.1, -0.05) is 0 Å². The van der Waals surface area contributed by atoms with Crippen LogP contribution in [0.15, 0.2) is 30.3 Å². The Hall–Kier alpha value is -2.01. The summed E-state index contributed by atoms with van der Waals surface area (Å²) < 4.78 is 11.2. The standard InChI is InChI=1S/C14H17N3O2/c15-14-9-13(16-17-14)10-1-3-11(4-2-10)19-12-5-7-18-8-6-12/h1-4,9,12H,5-8H2,(H3,15,16,17). The maximum atomic E-state index is 5.92. The van der Waals surface area contributed by atoms with Crippen LogP contribution in [-0.2, 0) is 4.74 Å². The molecule has 5 nitrogen and oxygen atoms in total. The Kier molecular flexibility index (Phi) is 3.37. The molecule has 0 amide bonds. The quantitative estimate of drug-likeness (QED) is 0.886. The minimum Gasteiger partial charge on any atom is -0.490 e. The molecular formula is C14H17N3O2. The van der Waals surface area contributed by atoms with Gasteiger partial charge in [0.05, 0.1) is 18.9 Å². The summed E-state index contributed by atoms with van der Waals surface area (Å²) in [6, 6.07) is 9.77. The highest BCUT2D eigenvalue weighted by Crippen LogP contribution is 2.23. The van der Waals surface area contributed by atoms with E-state index in [-0.39, 0.29) is 6.10 Å². The smallest absolute Gasteiger partial charge is 0.145 e. The zero-order valence-corrected chi connectivity index (χ0v) is 10.6. The number of aromatic amines is 1. The van der Waals surface area contributed by atoms with Crippen LogP contribution in [0, 0.1) is 0 Å². The highest BCUT2D eigenvalue weighted by atomic mass is 16.5. The van der Waals surface area contributed by atoms with E-state index in [1.807, 2.05) is 30.3 Å². The largest absolute Gasteiger partial charge is 0.490 e. The number of hydrogen-bond donors (Lipinski definition) is 2. The Bertz CT molecular complexity index is 530. The van der Waals surface area contributed by atoms with E-state index in [1.54, 1.807) is 0 Å². The van der Waals surface area contributed by atoms with Crippen molar-refractivity contribution in [2.45, 2.75) is 18.9 Å². The van der Waals surface area contributed by atoms with E-state index in [0.717, 1.165) is 43.1 Å². The van der Waals surface area contributed by atoms with Gasteiger partial charge in [0.25, 0.3) is 0 Å². The van der Waals surface area contributed by atoms with Crippen LogP contribution < -0.4 is 10.5 Å². The van der Waals surface area contributed by atoms with Crippen LogP contribution in [0.2, 0.25) is 0 Å². The topological polar surface area (TPSA) is 73.2 Å². The number of anilines is 1. The van der Waals surface area contributed by atoms with Gasteiger partial charge in [0, 0.05) is 18.9 Å². The van der Waals surface area contributed by atoms with E-state index in [1.165, 1.54) is 0 Å². The number of benzene rings is 1. The molecule has 1 fully saturated rings. The Morgan fingerprint density at radius 3 is 2.58 bits per heavy atom. The average Bonchev–Trinajstić information content (AvgIpc) is 2.87. The second-order valence-electron chi connectivity index (χ2n) is 4.66. The summed E-state index contributed by atoms with van der Waals surface area (Å²) in [5.41, 5.74) is 7.55. The number of rotatable bonds is 3. The van der Waals surface area contributed by atoms with Gasteiger partial charge in [-0.3, -0.25) is 5.10 Å². The Labute approximate surface area is 111 Å². The molecule has 0 bridgehead atoms. The van der Waals surface area contributed by atoms with Crippen LogP contribution in [-0.4, -0.2) is 29.5 Å². The lowest BCUT2D eigenvalue weighted by Gasteiger charge is -2.23. The highest BCUT2D eigenvalue weighted by Gasteiger charge is 2.15. The Balaban J connectivity index is 1.68. The molecule has 1 aromatic carbocycles. The molecule has 3 rings (SSSR count). The van der Waals surface area contributed by atoms with Crippen molar-refractivity contribution in [3.63, 3.8) is 0 Å². The molecule has 2 heterocycles. The maximum Gasteiger partial charge on any atom is 0.145 e. The molecule has 1 aliphatic rings. The van der Waals surface area contributed by atoms with Gasteiger partial charge in [0.15, 0.2) is 0 Å². The SMILES string of the molecule is Nc1cc(-c2ccc(OC3CCOCC3)cc2)[nH]n1. The monoisotopic (exact) mass is 259 g/mol. The van der Waals surface area contributed by atoms with Gasteiger partial charge in [-0.25, -0.2) is 0 Å². The van der Waals surface area contributed by atoms with Crippen molar-refractivity contribution in [3.8, 4) is 17.0 Å². The maximum absolute atomic E-state index is 5.92. The molecule has 19 heavy (non-hydrogen) atoms. The average molecular weight is 259 g/mol. The van der Waals surface area contributed by atoms with Crippen LogP contribution in [0.4, 0.5) is 5.82 Å². The first-order valence-electron chi connectivity index (χ1n) is 6.47. The summed E-state index contributed by atoms with van der Waals surface area (Å²) in [4.78, 5) is 0. The molecule has 0 saturated carbocycles. The van der Waals surface area contributed by atoms with Crippen LogP contribution in [0.3, 0.4) is 0 Å². The molecule has 5 heteroatoms. The van der Waals surface area contributed by atoms with Gasteiger partial charge >= 0.3 is 0 Å². The minimum absolute atomic E-state index is 0.266. The summed E-state index contributed by atoms with van der Waals surface area (Å²) in [5, 5.41) is 6.81. The number of hydrogen-bond acceptors (Lipinski definition) is 4. The van der Waals surface area contributed by atoms with Gasteiger partial charge in [-0.2, -0.15) is 5.10 Å². The Morgan fingerprint density at radius 2 is 1.95 bits per heavy atom. The normalized spacial score (nSPS) is 16.4. The zero-order valence-electron chi connectivity index (χ0n) is 10.6. The number of nitrogens with one attached hydrogen (secondary N) is 1. The lowest BCUT2D eigenvalue weighted by Crippen LogP contribution is -2.25. The molecule has 0 atom stereocenters. The van der Waals surface area contributed by atoms with Crippen LogP contribution in [0.1, 0.15) is 12.8 Å². The molecule has 2 aromatic rings. The third kappa shape index (κ3) is 2.88. The third-order valence-electron chi connectivity index (χ3n) is 3.23. The molecule has 1 saturated heterocycles. The van der Waals surface area contributed by atoms with Gasteiger partial charge in [-0.15, -0.1) is 0 Å². The van der Waals surface area contributed by atoms with Crippen molar-refractivity contribution in [2.24, 2.45) is 0 Å². The minimum atomic E-state index is 0.266. The molecule has 0 spiro atoms. The lowest BCUT2D eigenvalue weighted by molar-refractivity contribution is 0.0256. The fourth-order valence-electron chi connectivity index (χ4n) is 2.18. The van der Waals surface area contributed by atoms with Crippen LogP contribution >= 0.6 is 0 Å². The van der Waals surface area contributed by atoms with E-state index in [0.29, 0.717) is 5.82 Å². The molecule has 0 unspecified atom stereocenters. The number of nitrogens with zero attached hydrogens (tertiary/aromatic N) is 1. The summed E-state index contributed by atoms with van der Waals surface area (Å²) >= 11 is 0. The molecule has 1 aliphatic heterocycles. The Morgan fingerprint density at radius 1 is 1.21 bits per heavy atom. The second-order valence-corrected chi connectivity index (χ2v) is 4.66. The molecular weight excluding hydrogens is 242 g/mol. The molecule has 0 radical (unpaired) electrons. The van der Waals surface area contributed by atoms with Gasteiger partial charge in [-0.05, 0) is 29.8 Å². The highest BCUT2D eigenvalue weighted by molar-refractivity contribution is 5.62. The summed E-state index contributed by atoms with van der Waals surface area (Å²) in [5.74, 6) is 1.39. The fourth-order valence-corrected chi connectivity index (χ4v) is 2.18. The van der Waals surface area contributed by atoms with E-state index in [2.05, 4.69) is 10.2 Å². The fraction of sp³-hybridized carbons (Fsp3) is 0.357. The summed E-state index contributed by atoms with van der Waals surface area (Å²) in [6.45, 7) is 1.58. The lowest BCUT2D eigenvalue weighted by atomic mass is 10.1. The van der Waals surface area contributed by atoms with Crippen molar-refractivity contribution in [3.05, 3.63) is 30.3 Å². The molecule has 100 valence electrons. The zero-order chi connectivity index (χ0) is 13.1. The third-order valence-corrected chi connectivity index (χ3v) is 3.23. The van der Waals surface area contributed by atoms with Crippen LogP contribution in [0.25, 0.3) is 11.3 Å². The number of nitrogens with two attached hydrogens (primary N) is 1. The number of aromatic nitrogens is 2. The van der Waals surface area contributed by atoms with Crippen molar-refractivity contribution in [1.82, 2.24) is 10.2 Å². The van der Waals surface area contributed by atoms with Crippen LogP contribution in [0.5, 0.6) is 5.75 Å². The van der Waals surface area contributed by atoms with Gasteiger partial charge in [0.2, 0.25) is 0 Å². The molecule has 3 N–H and O–H groups in total. The van der Waals surface area contributed by atoms with E-state index in [9.17, 15) is 0 Å². The van der Waals surface area contributed by atoms with E-state index >= 15 is 0 Å². The summed E-state index contributed by atoms with van der Waals surface area (Å²) in [7, 11) is 0. The first-order valence-corrected chi connectivity index (χ1v) is 6.47. The van der Waals surface area contributed by atoms with Crippen molar-refractivity contribution in [1.29, 1.82) is 0 Å². The van der Waals surface area contributed by atoms with Gasteiger partial charge < -0.3 is 15.2 Å². The second kappa shape index (κ2) is 5.32. The van der Waals surface area contributed by atoms with E-state index < -0.39 is 0 Å². The number of ether oxygens (including phenoxy) is 2. The van der Waals surface area contributed by atoms with Crippen molar-refractivity contribution in [2.75, 3.05) is 18.9 Å². The first-order chi connectivity index (χ1) is 9.31. The predicted molar refractivity (Wildman–Crippen MR) is 72.9 cm³/mol.